The van der Waals surface area contributed by atoms with Crippen molar-refractivity contribution in [2.24, 2.45) is 0 Å². The van der Waals surface area contributed by atoms with Crippen LogP contribution in [0.15, 0.2) is 67.1 Å². The van der Waals surface area contributed by atoms with Crippen molar-refractivity contribution in [1.29, 1.82) is 0 Å². The first-order chi connectivity index (χ1) is 12.9. The second-order valence-corrected chi connectivity index (χ2v) is 7.39. The Morgan fingerprint density at radius 3 is 2.59 bits per heavy atom. The van der Waals surface area contributed by atoms with Gasteiger partial charge < -0.3 is 10.6 Å². The van der Waals surface area contributed by atoms with Crippen molar-refractivity contribution in [3.05, 3.63) is 83.9 Å². The van der Waals surface area contributed by atoms with Crippen LogP contribution >= 0.6 is 0 Å². The van der Waals surface area contributed by atoms with Gasteiger partial charge in [-0.3, -0.25) is 14.8 Å². The molecule has 0 spiro atoms. The Hall–Kier alpha value is -3.21. The number of nitrogens with zero attached hydrogens (tertiary/aromatic N) is 2. The zero-order valence-corrected chi connectivity index (χ0v) is 15.9. The number of nitrogens with one attached hydrogen (secondary N) is 2. The molecule has 3 rings (SSSR count). The fraction of sp³-hybridized carbons (Fsp3) is 0.227. The minimum absolute atomic E-state index is 0.0651. The molecule has 5 nitrogen and oxygen atoms in total. The van der Waals surface area contributed by atoms with Crippen molar-refractivity contribution >= 4 is 17.3 Å². The summed E-state index contributed by atoms with van der Waals surface area (Å²) in [6, 6.07) is 15.4. The molecular weight excluding hydrogens is 336 g/mol. The molecule has 1 amide bonds. The maximum atomic E-state index is 12.7. The minimum Gasteiger partial charge on any atom is -0.381 e. The first kappa shape index (κ1) is 18.6. The van der Waals surface area contributed by atoms with Gasteiger partial charge in [0.15, 0.2) is 0 Å². The maximum absolute atomic E-state index is 12.7. The fourth-order valence-corrected chi connectivity index (χ4v) is 2.80. The Bertz CT molecular complexity index is 917. The maximum Gasteiger partial charge on any atom is 0.274 e. The number of rotatable bonds is 5. The second kappa shape index (κ2) is 7.99. The number of benzene rings is 1. The predicted molar refractivity (Wildman–Crippen MR) is 109 cm³/mol. The summed E-state index contributed by atoms with van der Waals surface area (Å²) < 4.78 is 0. The van der Waals surface area contributed by atoms with E-state index in [9.17, 15) is 4.79 Å². The van der Waals surface area contributed by atoms with Gasteiger partial charge in [0.05, 0.1) is 0 Å². The average Bonchev–Trinajstić information content (AvgIpc) is 2.67. The van der Waals surface area contributed by atoms with E-state index in [2.05, 4.69) is 41.4 Å². The molecule has 2 aromatic heterocycles. The standard InChI is InChI=1S/C22H24N4O/c1-22(2,3)18-8-4-5-9-19(18)26-21(27)20-13-17(10-12-24-20)25-15-16-7-6-11-23-14-16/h4-14H,15H2,1-3H3,(H,24,25)(H,26,27). The van der Waals surface area contributed by atoms with E-state index in [0.717, 1.165) is 22.5 Å². The summed E-state index contributed by atoms with van der Waals surface area (Å²) in [5.74, 6) is -0.225. The molecule has 0 fully saturated rings. The quantitative estimate of drug-likeness (QED) is 0.696. The number of hydrogen-bond donors (Lipinski definition) is 2. The normalized spacial score (nSPS) is 11.1. The predicted octanol–water partition coefficient (Wildman–Crippen LogP) is 4.64. The van der Waals surface area contributed by atoms with Gasteiger partial charge in [0, 0.05) is 36.5 Å². The lowest BCUT2D eigenvalue weighted by atomic mass is 9.86. The molecule has 3 aromatic rings. The van der Waals surface area contributed by atoms with E-state index < -0.39 is 0 Å². The Labute approximate surface area is 159 Å². The van der Waals surface area contributed by atoms with Crippen LogP contribution in [0.3, 0.4) is 0 Å². The number of amides is 1. The first-order valence-electron chi connectivity index (χ1n) is 8.93. The third-order valence-corrected chi connectivity index (χ3v) is 4.20. The Morgan fingerprint density at radius 2 is 1.85 bits per heavy atom. The van der Waals surface area contributed by atoms with E-state index in [1.54, 1.807) is 18.5 Å². The van der Waals surface area contributed by atoms with Crippen LogP contribution in [0.1, 0.15) is 42.4 Å². The van der Waals surface area contributed by atoms with E-state index in [1.165, 1.54) is 0 Å². The van der Waals surface area contributed by atoms with Crippen molar-refractivity contribution in [3.63, 3.8) is 0 Å². The third-order valence-electron chi connectivity index (χ3n) is 4.20. The Kier molecular flexibility index (Phi) is 5.50. The summed E-state index contributed by atoms with van der Waals surface area (Å²) in [6.45, 7) is 7.00. The number of aromatic nitrogens is 2. The monoisotopic (exact) mass is 360 g/mol. The molecule has 0 unspecified atom stereocenters. The van der Waals surface area contributed by atoms with E-state index in [-0.39, 0.29) is 11.3 Å². The summed E-state index contributed by atoms with van der Waals surface area (Å²) in [5, 5.41) is 6.29. The Balaban J connectivity index is 1.73. The van der Waals surface area contributed by atoms with E-state index >= 15 is 0 Å². The molecular formula is C22H24N4O. The van der Waals surface area contributed by atoms with Crippen LogP contribution in [0.25, 0.3) is 0 Å². The van der Waals surface area contributed by atoms with E-state index in [1.807, 2.05) is 48.7 Å². The Morgan fingerprint density at radius 1 is 1.04 bits per heavy atom. The first-order valence-corrected chi connectivity index (χ1v) is 8.93. The highest BCUT2D eigenvalue weighted by molar-refractivity contribution is 6.03. The van der Waals surface area contributed by atoms with Gasteiger partial charge in [0.25, 0.3) is 5.91 Å². The van der Waals surface area contributed by atoms with Crippen LogP contribution in [-0.2, 0) is 12.0 Å². The molecule has 0 saturated carbocycles. The summed E-state index contributed by atoms with van der Waals surface area (Å²) >= 11 is 0. The number of carbonyl (C=O) groups excluding carboxylic acids is 1. The fourth-order valence-electron chi connectivity index (χ4n) is 2.80. The highest BCUT2D eigenvalue weighted by Crippen LogP contribution is 2.29. The topological polar surface area (TPSA) is 66.9 Å². The molecule has 0 bridgehead atoms. The van der Waals surface area contributed by atoms with Gasteiger partial charge in [-0.25, -0.2) is 0 Å². The van der Waals surface area contributed by atoms with Gasteiger partial charge in [-0.05, 0) is 40.8 Å². The number of hydrogen-bond acceptors (Lipinski definition) is 4. The number of anilines is 2. The van der Waals surface area contributed by atoms with Gasteiger partial charge >= 0.3 is 0 Å². The minimum atomic E-state index is -0.225. The summed E-state index contributed by atoms with van der Waals surface area (Å²) in [7, 11) is 0. The van der Waals surface area contributed by atoms with E-state index in [4.69, 9.17) is 0 Å². The van der Waals surface area contributed by atoms with Gasteiger partial charge in [-0.15, -0.1) is 0 Å². The molecule has 0 saturated heterocycles. The van der Waals surface area contributed by atoms with Gasteiger partial charge in [-0.2, -0.15) is 0 Å². The molecule has 27 heavy (non-hydrogen) atoms. The average molecular weight is 360 g/mol. The van der Waals surface area contributed by atoms with Crippen molar-refractivity contribution in [1.82, 2.24) is 9.97 Å². The molecule has 0 atom stereocenters. The SMILES string of the molecule is CC(C)(C)c1ccccc1NC(=O)c1cc(NCc2cccnc2)ccn1. The molecule has 2 heterocycles. The van der Waals surface area contributed by atoms with Crippen LogP contribution < -0.4 is 10.6 Å². The van der Waals surface area contributed by atoms with Crippen LogP contribution in [0.2, 0.25) is 0 Å². The second-order valence-electron chi connectivity index (χ2n) is 7.39. The van der Waals surface area contributed by atoms with Crippen LogP contribution in [0.4, 0.5) is 11.4 Å². The highest BCUT2D eigenvalue weighted by Gasteiger charge is 2.19. The lowest BCUT2D eigenvalue weighted by Gasteiger charge is -2.23. The summed E-state index contributed by atoms with van der Waals surface area (Å²) in [4.78, 5) is 21.0. The summed E-state index contributed by atoms with van der Waals surface area (Å²) in [6.07, 6.45) is 5.19. The van der Waals surface area contributed by atoms with Crippen molar-refractivity contribution < 1.29 is 4.79 Å². The number of carbonyl (C=O) groups is 1. The van der Waals surface area contributed by atoms with E-state index in [0.29, 0.717) is 12.2 Å². The van der Waals surface area contributed by atoms with Gasteiger partial charge in [0.1, 0.15) is 5.69 Å². The van der Waals surface area contributed by atoms with Crippen LogP contribution in [-0.4, -0.2) is 15.9 Å². The van der Waals surface area contributed by atoms with Crippen molar-refractivity contribution in [2.75, 3.05) is 10.6 Å². The molecule has 0 aliphatic heterocycles. The van der Waals surface area contributed by atoms with Gasteiger partial charge in [0.2, 0.25) is 0 Å². The largest absolute Gasteiger partial charge is 0.381 e. The van der Waals surface area contributed by atoms with Crippen LogP contribution in [0, 0.1) is 0 Å². The van der Waals surface area contributed by atoms with Crippen molar-refractivity contribution in [2.45, 2.75) is 32.7 Å². The number of pyridine rings is 2. The molecule has 1 aromatic carbocycles. The molecule has 5 heteroatoms. The lowest BCUT2D eigenvalue weighted by Crippen LogP contribution is -2.19. The summed E-state index contributed by atoms with van der Waals surface area (Å²) in [5.41, 5.74) is 4.11. The number of para-hydroxylation sites is 1. The molecule has 2 N–H and O–H groups in total. The molecule has 0 aliphatic rings. The smallest absolute Gasteiger partial charge is 0.274 e. The van der Waals surface area contributed by atoms with Gasteiger partial charge in [-0.1, -0.05) is 45.0 Å². The van der Waals surface area contributed by atoms with Crippen LogP contribution in [0.5, 0.6) is 0 Å². The lowest BCUT2D eigenvalue weighted by molar-refractivity contribution is 0.102. The zero-order chi connectivity index (χ0) is 19.3. The third kappa shape index (κ3) is 4.91. The molecule has 138 valence electrons. The highest BCUT2D eigenvalue weighted by atomic mass is 16.1. The molecule has 0 aliphatic carbocycles. The van der Waals surface area contributed by atoms with Crippen molar-refractivity contribution in [3.8, 4) is 0 Å². The molecule has 0 radical (unpaired) electrons. The zero-order valence-electron chi connectivity index (χ0n) is 15.9.